The van der Waals surface area contributed by atoms with Crippen molar-refractivity contribution in [3.05, 3.63) is 53.5 Å². The van der Waals surface area contributed by atoms with Crippen LogP contribution in [0.5, 0.6) is 5.75 Å². The fourth-order valence-corrected chi connectivity index (χ4v) is 2.10. The Kier molecular flexibility index (Phi) is 3.06. The number of anilines is 1. The highest BCUT2D eigenvalue weighted by Gasteiger charge is 2.11. The summed E-state index contributed by atoms with van der Waals surface area (Å²) in [6, 6.07) is 8.38. The van der Waals surface area contributed by atoms with Gasteiger partial charge in [-0.1, -0.05) is 6.07 Å². The number of nitrogens with one attached hydrogen (secondary N) is 1. The van der Waals surface area contributed by atoms with Crippen molar-refractivity contribution < 1.29 is 9.90 Å². The van der Waals surface area contributed by atoms with Gasteiger partial charge in [0.2, 0.25) is 0 Å². The summed E-state index contributed by atoms with van der Waals surface area (Å²) in [4.78, 5) is 12.2. The number of phenolic OH excluding ortho intramolecular Hbond substituents is 1. The fourth-order valence-electron chi connectivity index (χ4n) is 2.10. The number of pyridine rings is 1. The van der Waals surface area contributed by atoms with Gasteiger partial charge in [0.1, 0.15) is 11.6 Å². The van der Waals surface area contributed by atoms with Crippen molar-refractivity contribution in [3.8, 4) is 5.75 Å². The summed E-state index contributed by atoms with van der Waals surface area (Å²) in [5, 5.41) is 20.4. The van der Waals surface area contributed by atoms with E-state index >= 15 is 0 Å². The molecule has 2 N–H and O–H groups in total. The Labute approximate surface area is 121 Å². The number of phenols is 1. The van der Waals surface area contributed by atoms with Gasteiger partial charge in [-0.2, -0.15) is 0 Å². The lowest BCUT2D eigenvalue weighted by Crippen LogP contribution is -2.12. The molecule has 21 heavy (non-hydrogen) atoms. The van der Waals surface area contributed by atoms with E-state index in [0.29, 0.717) is 16.9 Å². The molecule has 0 fully saturated rings. The van der Waals surface area contributed by atoms with Gasteiger partial charge in [0.25, 0.3) is 5.91 Å². The number of nitrogens with zero attached hydrogens (tertiary/aromatic N) is 3. The number of amides is 1. The lowest BCUT2D eigenvalue weighted by molar-refractivity contribution is 0.102. The van der Waals surface area contributed by atoms with Gasteiger partial charge in [0, 0.05) is 11.8 Å². The normalized spacial score (nSPS) is 10.8. The smallest absolute Gasteiger partial charge is 0.255 e. The van der Waals surface area contributed by atoms with E-state index in [2.05, 4.69) is 15.5 Å². The summed E-state index contributed by atoms with van der Waals surface area (Å²) >= 11 is 0. The molecule has 0 aliphatic heterocycles. The summed E-state index contributed by atoms with van der Waals surface area (Å²) in [7, 11) is 0. The van der Waals surface area contributed by atoms with Crippen LogP contribution in [0.4, 0.5) is 5.69 Å². The molecule has 3 rings (SSSR count). The third-order valence-corrected chi connectivity index (χ3v) is 3.24. The van der Waals surface area contributed by atoms with Crippen LogP contribution in [0.3, 0.4) is 0 Å². The predicted molar refractivity (Wildman–Crippen MR) is 78.5 cm³/mol. The van der Waals surface area contributed by atoms with Gasteiger partial charge in [-0.25, -0.2) is 0 Å². The van der Waals surface area contributed by atoms with Gasteiger partial charge < -0.3 is 10.4 Å². The third kappa shape index (κ3) is 2.43. The standard InChI is InChI=1S/C15H14N4O2/c1-9-3-4-13(20)12(7-9)16-15(21)11-5-6-19-10(2)17-18-14(19)8-11/h3-8,20H,1-2H3,(H,16,21). The van der Waals surface area contributed by atoms with Crippen molar-refractivity contribution >= 4 is 17.2 Å². The van der Waals surface area contributed by atoms with Crippen LogP contribution in [0.25, 0.3) is 5.65 Å². The summed E-state index contributed by atoms with van der Waals surface area (Å²) in [6.07, 6.45) is 1.75. The largest absolute Gasteiger partial charge is 0.506 e. The second kappa shape index (κ2) is 4.90. The molecule has 0 radical (unpaired) electrons. The minimum absolute atomic E-state index is 0.0355. The molecule has 0 saturated heterocycles. The van der Waals surface area contributed by atoms with E-state index in [4.69, 9.17) is 0 Å². The topological polar surface area (TPSA) is 79.5 Å². The molecule has 6 heteroatoms. The van der Waals surface area contributed by atoms with E-state index in [1.807, 2.05) is 13.8 Å². The number of aromatic hydroxyl groups is 1. The zero-order valence-electron chi connectivity index (χ0n) is 11.7. The minimum Gasteiger partial charge on any atom is -0.506 e. The zero-order chi connectivity index (χ0) is 15.0. The number of hydrogen-bond donors (Lipinski definition) is 2. The Morgan fingerprint density at radius 1 is 1.19 bits per heavy atom. The number of rotatable bonds is 2. The molecule has 6 nitrogen and oxygen atoms in total. The van der Waals surface area contributed by atoms with Crippen LogP contribution in [-0.2, 0) is 0 Å². The Bertz CT molecular complexity index is 839. The van der Waals surface area contributed by atoms with Crippen LogP contribution >= 0.6 is 0 Å². The van der Waals surface area contributed by atoms with E-state index in [-0.39, 0.29) is 11.7 Å². The third-order valence-electron chi connectivity index (χ3n) is 3.24. The van der Waals surface area contributed by atoms with Gasteiger partial charge in [-0.15, -0.1) is 10.2 Å². The van der Waals surface area contributed by atoms with Crippen LogP contribution in [0.15, 0.2) is 36.5 Å². The highest BCUT2D eigenvalue weighted by atomic mass is 16.3. The first-order valence-electron chi connectivity index (χ1n) is 6.47. The fraction of sp³-hybridized carbons (Fsp3) is 0.133. The van der Waals surface area contributed by atoms with Gasteiger partial charge >= 0.3 is 0 Å². The van der Waals surface area contributed by atoms with Gasteiger partial charge in [0.05, 0.1) is 5.69 Å². The highest BCUT2D eigenvalue weighted by molar-refractivity contribution is 6.05. The van der Waals surface area contributed by atoms with Crippen LogP contribution in [0.2, 0.25) is 0 Å². The van der Waals surface area contributed by atoms with E-state index in [0.717, 1.165) is 11.4 Å². The summed E-state index contributed by atoms with van der Waals surface area (Å²) < 4.78 is 1.79. The molecule has 3 aromatic rings. The van der Waals surface area contributed by atoms with Gasteiger partial charge in [-0.05, 0) is 43.7 Å². The maximum absolute atomic E-state index is 12.2. The Balaban J connectivity index is 1.91. The zero-order valence-corrected chi connectivity index (χ0v) is 11.7. The first-order chi connectivity index (χ1) is 10.0. The monoisotopic (exact) mass is 282 g/mol. The molecule has 0 saturated carbocycles. The molecular weight excluding hydrogens is 268 g/mol. The first-order valence-corrected chi connectivity index (χ1v) is 6.47. The molecule has 0 aliphatic rings. The van der Waals surface area contributed by atoms with Crippen molar-refractivity contribution in [2.45, 2.75) is 13.8 Å². The van der Waals surface area contributed by atoms with E-state index in [1.165, 1.54) is 0 Å². The number of aromatic nitrogens is 3. The van der Waals surface area contributed by atoms with Crippen LogP contribution < -0.4 is 5.32 Å². The quantitative estimate of drug-likeness (QED) is 0.707. The van der Waals surface area contributed by atoms with Crippen molar-refractivity contribution in [2.24, 2.45) is 0 Å². The maximum Gasteiger partial charge on any atom is 0.255 e. The molecule has 2 aromatic heterocycles. The molecule has 0 aliphatic carbocycles. The molecular formula is C15H14N4O2. The number of hydrogen-bond acceptors (Lipinski definition) is 4. The number of aryl methyl sites for hydroxylation is 2. The molecule has 1 amide bonds. The summed E-state index contributed by atoms with van der Waals surface area (Å²) in [5.41, 5.74) is 2.40. The Hall–Kier alpha value is -2.89. The van der Waals surface area contributed by atoms with E-state index < -0.39 is 0 Å². The van der Waals surface area contributed by atoms with Crippen molar-refractivity contribution in [1.29, 1.82) is 0 Å². The van der Waals surface area contributed by atoms with Gasteiger partial charge in [0.15, 0.2) is 5.65 Å². The minimum atomic E-state index is -0.306. The van der Waals surface area contributed by atoms with Gasteiger partial charge in [-0.3, -0.25) is 9.20 Å². The van der Waals surface area contributed by atoms with E-state index in [9.17, 15) is 9.90 Å². The van der Waals surface area contributed by atoms with Crippen molar-refractivity contribution in [2.75, 3.05) is 5.32 Å². The van der Waals surface area contributed by atoms with E-state index in [1.54, 1.807) is 40.9 Å². The molecule has 106 valence electrons. The molecule has 0 spiro atoms. The Morgan fingerprint density at radius 3 is 2.81 bits per heavy atom. The molecule has 0 bridgehead atoms. The van der Waals surface area contributed by atoms with Crippen LogP contribution in [0.1, 0.15) is 21.7 Å². The Morgan fingerprint density at radius 2 is 2.00 bits per heavy atom. The number of benzene rings is 1. The van der Waals surface area contributed by atoms with Crippen molar-refractivity contribution in [3.63, 3.8) is 0 Å². The lowest BCUT2D eigenvalue weighted by atomic mass is 10.2. The SMILES string of the molecule is Cc1ccc(O)c(NC(=O)c2ccn3c(C)nnc3c2)c1. The average Bonchev–Trinajstić information content (AvgIpc) is 2.84. The first kappa shape index (κ1) is 13.1. The van der Waals surface area contributed by atoms with Crippen molar-refractivity contribution in [1.82, 2.24) is 14.6 Å². The average molecular weight is 282 g/mol. The summed E-state index contributed by atoms with van der Waals surface area (Å²) in [6.45, 7) is 3.73. The maximum atomic E-state index is 12.2. The highest BCUT2D eigenvalue weighted by Crippen LogP contribution is 2.24. The number of carbonyl (C=O) groups excluding carboxylic acids is 1. The molecule has 0 atom stereocenters. The number of carbonyl (C=O) groups is 1. The second-order valence-corrected chi connectivity index (χ2v) is 4.87. The lowest BCUT2D eigenvalue weighted by Gasteiger charge is -2.08. The number of fused-ring (bicyclic) bond motifs is 1. The van der Waals surface area contributed by atoms with Crippen LogP contribution in [-0.4, -0.2) is 25.6 Å². The second-order valence-electron chi connectivity index (χ2n) is 4.87. The molecule has 0 unspecified atom stereocenters. The molecule has 1 aromatic carbocycles. The van der Waals surface area contributed by atoms with Crippen LogP contribution in [0, 0.1) is 13.8 Å². The molecule has 2 heterocycles. The summed E-state index contributed by atoms with van der Waals surface area (Å²) in [5.74, 6) is 0.487. The predicted octanol–water partition coefficient (Wildman–Crippen LogP) is 2.30.